The average molecular weight is 1020 g/mol. The zero-order chi connectivity index (χ0) is 52.9. The Labute approximate surface area is 453 Å². The van der Waals surface area contributed by atoms with E-state index in [2.05, 4.69) is 81.5 Å². The molecule has 0 radical (unpaired) electrons. The lowest BCUT2D eigenvalue weighted by Crippen LogP contribution is -2.30. The Kier molecular flexibility index (Phi) is 59.2. The molecule has 0 rings (SSSR count). The van der Waals surface area contributed by atoms with Gasteiger partial charge in [0.15, 0.2) is 6.10 Å². The van der Waals surface area contributed by atoms with Gasteiger partial charge in [0.1, 0.15) is 13.2 Å². The minimum Gasteiger partial charge on any atom is -0.462 e. The fraction of sp³-hybridized carbons (Fsp3) is 0.806. The van der Waals surface area contributed by atoms with Gasteiger partial charge in [-0.1, -0.05) is 287 Å². The van der Waals surface area contributed by atoms with E-state index < -0.39 is 6.10 Å². The molecule has 0 aromatic rings. The number of hydrogen-bond donors (Lipinski definition) is 0. The van der Waals surface area contributed by atoms with E-state index in [-0.39, 0.29) is 31.1 Å². The number of unbranched alkanes of at least 4 members (excludes halogenated alkanes) is 37. The number of carbonyl (C=O) groups excluding carboxylic acids is 3. The van der Waals surface area contributed by atoms with Crippen molar-refractivity contribution in [2.75, 3.05) is 13.2 Å². The highest BCUT2D eigenvalue weighted by Gasteiger charge is 2.19. The van der Waals surface area contributed by atoms with Gasteiger partial charge in [0.2, 0.25) is 0 Å². The minimum absolute atomic E-state index is 0.0824. The molecule has 0 aromatic heterocycles. The molecule has 1 atom stereocenters. The number of ether oxygens (including phenoxy) is 3. The highest BCUT2D eigenvalue weighted by Crippen LogP contribution is 2.17. The van der Waals surface area contributed by atoms with Crippen molar-refractivity contribution in [1.82, 2.24) is 0 Å². The molecular formula is C67H120O6. The van der Waals surface area contributed by atoms with Crippen molar-refractivity contribution in [1.29, 1.82) is 0 Å². The van der Waals surface area contributed by atoms with E-state index in [9.17, 15) is 14.4 Å². The van der Waals surface area contributed by atoms with E-state index >= 15 is 0 Å². The van der Waals surface area contributed by atoms with Crippen LogP contribution in [0.4, 0.5) is 0 Å². The second-order valence-corrected chi connectivity index (χ2v) is 21.3. The van der Waals surface area contributed by atoms with Crippen LogP contribution < -0.4 is 0 Å². The lowest BCUT2D eigenvalue weighted by Gasteiger charge is -2.18. The Bertz CT molecular complexity index is 1310. The summed E-state index contributed by atoms with van der Waals surface area (Å²) in [5.74, 6) is -0.893. The molecule has 0 spiro atoms. The summed E-state index contributed by atoms with van der Waals surface area (Å²) < 4.78 is 16.9. The number of hydrogen-bond acceptors (Lipinski definition) is 6. The first-order chi connectivity index (χ1) is 36.0. The van der Waals surface area contributed by atoms with Gasteiger partial charge in [-0.15, -0.1) is 0 Å². The molecule has 0 saturated carbocycles. The Morgan fingerprint density at radius 2 is 0.534 bits per heavy atom. The van der Waals surface area contributed by atoms with Crippen molar-refractivity contribution >= 4 is 17.9 Å². The molecule has 0 unspecified atom stereocenters. The summed E-state index contributed by atoms with van der Waals surface area (Å²) >= 11 is 0. The summed E-state index contributed by atoms with van der Waals surface area (Å²) in [6.45, 7) is 6.55. The largest absolute Gasteiger partial charge is 0.462 e. The molecule has 0 aromatic carbocycles. The van der Waals surface area contributed by atoms with Gasteiger partial charge in [-0.3, -0.25) is 14.4 Å². The third-order valence-corrected chi connectivity index (χ3v) is 14.0. The fourth-order valence-corrected chi connectivity index (χ4v) is 9.25. The fourth-order valence-electron chi connectivity index (χ4n) is 9.25. The standard InChI is InChI=1S/C67H120O6/c1-4-7-10-13-16-19-22-25-28-31-32-33-34-37-39-42-45-48-51-54-57-60-66(69)72-63-64(73-67(70)61-58-55-52-49-46-43-40-36-30-27-24-21-18-15-12-9-6-3)62-71-65(68)59-56-53-50-47-44-41-38-35-29-26-23-20-17-14-11-8-5-2/h9,12,18,21,26-27,29-30,40,43,64H,4-8,10-11,13-17,19-20,22-25,28,31-39,41-42,44-63H2,1-3H3/b12-9-,21-18-,29-26-,30-27-,43-40-/t64-/m1/s1. The molecule has 0 fully saturated rings. The van der Waals surface area contributed by atoms with Crippen LogP contribution in [-0.2, 0) is 28.6 Å². The summed E-state index contributed by atoms with van der Waals surface area (Å²) in [5, 5.41) is 0. The molecule has 0 bridgehead atoms. The van der Waals surface area contributed by atoms with E-state index in [1.165, 1.54) is 193 Å². The predicted octanol–water partition coefficient (Wildman–Crippen LogP) is 21.6. The van der Waals surface area contributed by atoms with Crippen molar-refractivity contribution in [3.63, 3.8) is 0 Å². The number of carbonyl (C=O) groups is 3. The van der Waals surface area contributed by atoms with Crippen molar-refractivity contribution in [3.8, 4) is 0 Å². The molecule has 424 valence electrons. The van der Waals surface area contributed by atoms with Crippen molar-refractivity contribution in [2.45, 2.75) is 335 Å². The van der Waals surface area contributed by atoms with Crippen LogP contribution in [0.15, 0.2) is 60.8 Å². The molecular weight excluding hydrogens is 901 g/mol. The van der Waals surface area contributed by atoms with Gasteiger partial charge in [-0.05, 0) is 83.5 Å². The normalized spacial score (nSPS) is 12.4. The molecule has 0 aliphatic carbocycles. The molecule has 73 heavy (non-hydrogen) atoms. The summed E-state index contributed by atoms with van der Waals surface area (Å²) in [6.07, 6.45) is 78.0. The van der Waals surface area contributed by atoms with E-state index in [1.54, 1.807) is 0 Å². The van der Waals surface area contributed by atoms with Gasteiger partial charge < -0.3 is 14.2 Å². The van der Waals surface area contributed by atoms with Crippen LogP contribution in [0.1, 0.15) is 329 Å². The quantitative estimate of drug-likeness (QED) is 0.0261. The zero-order valence-electron chi connectivity index (χ0n) is 48.7. The van der Waals surface area contributed by atoms with E-state index in [0.717, 1.165) is 96.3 Å². The van der Waals surface area contributed by atoms with Crippen LogP contribution in [0.5, 0.6) is 0 Å². The summed E-state index contributed by atoms with van der Waals surface area (Å²) in [5.41, 5.74) is 0. The lowest BCUT2D eigenvalue weighted by atomic mass is 10.0. The highest BCUT2D eigenvalue weighted by molar-refractivity contribution is 5.71. The third-order valence-electron chi connectivity index (χ3n) is 14.0. The second-order valence-electron chi connectivity index (χ2n) is 21.3. The first-order valence-corrected chi connectivity index (χ1v) is 31.8. The maximum absolute atomic E-state index is 12.9. The SMILES string of the molecule is CC/C=C\C/C=C\C/C=C\C/C=C\CCCCCCC(=O)O[C@H](COC(=O)CCCCCCCCC/C=C\CCCCCCCC)COC(=O)CCCCCCCCCCCCCCCCCCCCCCC. The van der Waals surface area contributed by atoms with Crippen molar-refractivity contribution in [3.05, 3.63) is 60.8 Å². The number of allylic oxidation sites excluding steroid dienone is 10. The van der Waals surface area contributed by atoms with Gasteiger partial charge in [0.05, 0.1) is 0 Å². The maximum Gasteiger partial charge on any atom is 0.306 e. The predicted molar refractivity (Wildman–Crippen MR) is 316 cm³/mol. The number of esters is 3. The lowest BCUT2D eigenvalue weighted by molar-refractivity contribution is -0.167. The molecule has 6 nitrogen and oxygen atoms in total. The topological polar surface area (TPSA) is 78.9 Å². The summed E-state index contributed by atoms with van der Waals surface area (Å²) in [4.78, 5) is 38.3. The third kappa shape index (κ3) is 59.9. The summed E-state index contributed by atoms with van der Waals surface area (Å²) in [6, 6.07) is 0. The first kappa shape index (κ1) is 70.1. The van der Waals surface area contributed by atoms with Gasteiger partial charge in [-0.2, -0.15) is 0 Å². The van der Waals surface area contributed by atoms with Gasteiger partial charge in [0.25, 0.3) is 0 Å². The molecule has 0 saturated heterocycles. The Hall–Kier alpha value is -2.89. The molecule has 0 aliphatic rings. The van der Waals surface area contributed by atoms with Crippen LogP contribution in [0.25, 0.3) is 0 Å². The van der Waals surface area contributed by atoms with Crippen molar-refractivity contribution < 1.29 is 28.6 Å². The van der Waals surface area contributed by atoms with Crippen LogP contribution >= 0.6 is 0 Å². The summed E-state index contributed by atoms with van der Waals surface area (Å²) in [7, 11) is 0. The van der Waals surface area contributed by atoms with Crippen LogP contribution in [-0.4, -0.2) is 37.2 Å². The van der Waals surface area contributed by atoms with Crippen LogP contribution in [0.2, 0.25) is 0 Å². The van der Waals surface area contributed by atoms with Crippen molar-refractivity contribution in [2.24, 2.45) is 0 Å². The van der Waals surface area contributed by atoms with E-state index in [4.69, 9.17) is 14.2 Å². The van der Waals surface area contributed by atoms with Gasteiger partial charge >= 0.3 is 17.9 Å². The molecule has 0 N–H and O–H groups in total. The van der Waals surface area contributed by atoms with Gasteiger partial charge in [-0.25, -0.2) is 0 Å². The molecule has 0 heterocycles. The minimum atomic E-state index is -0.788. The van der Waals surface area contributed by atoms with E-state index in [1.807, 2.05) is 0 Å². The van der Waals surface area contributed by atoms with E-state index in [0.29, 0.717) is 19.3 Å². The molecule has 6 heteroatoms. The molecule has 0 amide bonds. The first-order valence-electron chi connectivity index (χ1n) is 31.8. The smallest absolute Gasteiger partial charge is 0.306 e. The Morgan fingerprint density at radius 1 is 0.288 bits per heavy atom. The number of rotatable bonds is 58. The Morgan fingerprint density at radius 3 is 0.849 bits per heavy atom. The average Bonchev–Trinajstić information content (AvgIpc) is 3.39. The Balaban J connectivity index is 4.36. The van der Waals surface area contributed by atoms with Crippen LogP contribution in [0, 0.1) is 0 Å². The maximum atomic E-state index is 12.9. The van der Waals surface area contributed by atoms with Crippen LogP contribution in [0.3, 0.4) is 0 Å². The van der Waals surface area contributed by atoms with Gasteiger partial charge in [0, 0.05) is 19.3 Å². The highest BCUT2D eigenvalue weighted by atomic mass is 16.6. The second kappa shape index (κ2) is 61.7. The monoisotopic (exact) mass is 1020 g/mol. The zero-order valence-corrected chi connectivity index (χ0v) is 48.7. The molecule has 0 aliphatic heterocycles.